The first-order chi connectivity index (χ1) is 6.27. The van der Waals surface area contributed by atoms with Gasteiger partial charge in [0.25, 0.3) is 5.91 Å². The quantitative estimate of drug-likeness (QED) is 0.655. The molecule has 6 nitrogen and oxygen atoms in total. The fourth-order valence-corrected chi connectivity index (χ4v) is 0.695. The lowest BCUT2D eigenvalue weighted by molar-refractivity contribution is 0.0531. The van der Waals surface area contributed by atoms with Crippen molar-refractivity contribution in [2.24, 2.45) is 0 Å². The average molecular weight is 183 g/mol. The number of hydroxylamine groups is 1. The standard InChI is InChI=1S/C7H9N3O3/c1-12-6-4-3-5(8-9-6)7(11)10-13-2/h3-4H,1-2H3,(H,10,11). The second-order valence-corrected chi connectivity index (χ2v) is 2.10. The van der Waals surface area contributed by atoms with Gasteiger partial charge in [-0.2, -0.15) is 0 Å². The highest BCUT2D eigenvalue weighted by Gasteiger charge is 2.06. The van der Waals surface area contributed by atoms with Crippen LogP contribution >= 0.6 is 0 Å². The maximum atomic E-state index is 11.1. The molecule has 0 fully saturated rings. The van der Waals surface area contributed by atoms with E-state index in [0.717, 1.165) is 0 Å². The molecule has 1 N–H and O–H groups in total. The Balaban J connectivity index is 2.74. The number of methoxy groups -OCH3 is 1. The Bertz CT molecular complexity index is 286. The largest absolute Gasteiger partial charge is 0.480 e. The van der Waals surface area contributed by atoms with Crippen molar-refractivity contribution < 1.29 is 14.4 Å². The molecule has 1 amide bonds. The van der Waals surface area contributed by atoms with Crippen molar-refractivity contribution in [1.82, 2.24) is 15.7 Å². The Hall–Kier alpha value is -1.69. The fraction of sp³-hybridized carbons (Fsp3) is 0.286. The number of aromatic nitrogens is 2. The summed E-state index contributed by atoms with van der Waals surface area (Å²) in [7, 11) is 2.81. The van der Waals surface area contributed by atoms with Crippen LogP contribution in [0.2, 0.25) is 0 Å². The molecule has 0 atom stereocenters. The van der Waals surface area contributed by atoms with E-state index in [1.807, 2.05) is 0 Å². The molecule has 13 heavy (non-hydrogen) atoms. The third kappa shape index (κ3) is 2.38. The number of amides is 1. The third-order valence-corrected chi connectivity index (χ3v) is 1.28. The van der Waals surface area contributed by atoms with Crippen molar-refractivity contribution in [3.05, 3.63) is 17.8 Å². The zero-order chi connectivity index (χ0) is 9.68. The van der Waals surface area contributed by atoms with E-state index >= 15 is 0 Å². The molecule has 0 radical (unpaired) electrons. The summed E-state index contributed by atoms with van der Waals surface area (Å²) in [5, 5.41) is 7.21. The van der Waals surface area contributed by atoms with Crippen molar-refractivity contribution in [2.45, 2.75) is 0 Å². The maximum absolute atomic E-state index is 11.1. The summed E-state index contributed by atoms with van der Waals surface area (Å²) in [5.41, 5.74) is 2.29. The second kappa shape index (κ2) is 4.36. The summed E-state index contributed by atoms with van der Waals surface area (Å²) in [4.78, 5) is 15.5. The van der Waals surface area contributed by atoms with Crippen molar-refractivity contribution >= 4 is 5.91 Å². The molecule has 1 heterocycles. The minimum absolute atomic E-state index is 0.169. The Morgan fingerprint density at radius 1 is 1.38 bits per heavy atom. The normalized spacial score (nSPS) is 9.38. The molecular formula is C7H9N3O3. The van der Waals surface area contributed by atoms with E-state index in [9.17, 15) is 4.79 Å². The molecule has 1 aromatic heterocycles. The Morgan fingerprint density at radius 3 is 2.62 bits per heavy atom. The van der Waals surface area contributed by atoms with Gasteiger partial charge in [0.15, 0.2) is 5.69 Å². The monoisotopic (exact) mass is 183 g/mol. The SMILES string of the molecule is CONC(=O)c1ccc(OC)nn1. The first-order valence-corrected chi connectivity index (χ1v) is 3.49. The van der Waals surface area contributed by atoms with E-state index in [-0.39, 0.29) is 5.69 Å². The highest BCUT2D eigenvalue weighted by atomic mass is 16.6. The lowest BCUT2D eigenvalue weighted by atomic mass is 10.4. The maximum Gasteiger partial charge on any atom is 0.295 e. The van der Waals surface area contributed by atoms with E-state index in [1.165, 1.54) is 26.4 Å². The minimum atomic E-state index is -0.447. The Labute approximate surface area is 74.8 Å². The van der Waals surface area contributed by atoms with Crippen LogP contribution in [0.4, 0.5) is 0 Å². The van der Waals surface area contributed by atoms with E-state index in [0.29, 0.717) is 5.88 Å². The summed E-state index contributed by atoms with van der Waals surface area (Å²) < 4.78 is 4.77. The highest BCUT2D eigenvalue weighted by molar-refractivity contribution is 5.91. The van der Waals surface area contributed by atoms with Crippen LogP contribution in [0.1, 0.15) is 10.5 Å². The average Bonchev–Trinajstić information content (AvgIpc) is 2.18. The van der Waals surface area contributed by atoms with Crippen LogP contribution in [0.25, 0.3) is 0 Å². The molecule has 0 unspecified atom stereocenters. The number of rotatable bonds is 3. The molecule has 0 bridgehead atoms. The van der Waals surface area contributed by atoms with Crippen molar-refractivity contribution in [2.75, 3.05) is 14.2 Å². The molecule has 0 aromatic carbocycles. The summed E-state index contributed by atoms with van der Waals surface area (Å²) in [6.07, 6.45) is 0. The summed E-state index contributed by atoms with van der Waals surface area (Å²) in [6, 6.07) is 3.03. The van der Waals surface area contributed by atoms with Gasteiger partial charge in [-0.1, -0.05) is 0 Å². The van der Waals surface area contributed by atoms with E-state index in [4.69, 9.17) is 4.74 Å². The zero-order valence-electron chi connectivity index (χ0n) is 7.27. The number of hydrogen-bond acceptors (Lipinski definition) is 5. The molecule has 0 saturated heterocycles. The van der Waals surface area contributed by atoms with Crippen LogP contribution in [-0.4, -0.2) is 30.3 Å². The Kier molecular flexibility index (Phi) is 3.15. The molecule has 0 aliphatic carbocycles. The number of carbonyl (C=O) groups excluding carboxylic acids is 1. The van der Waals surface area contributed by atoms with Crippen LogP contribution in [0.15, 0.2) is 12.1 Å². The van der Waals surface area contributed by atoms with Gasteiger partial charge in [-0.3, -0.25) is 9.63 Å². The molecule has 0 saturated carbocycles. The number of nitrogens with one attached hydrogen (secondary N) is 1. The van der Waals surface area contributed by atoms with Crippen LogP contribution in [0.5, 0.6) is 5.88 Å². The van der Waals surface area contributed by atoms with Crippen LogP contribution in [0, 0.1) is 0 Å². The topological polar surface area (TPSA) is 73.3 Å². The van der Waals surface area contributed by atoms with E-state index in [2.05, 4.69) is 20.5 Å². The van der Waals surface area contributed by atoms with Gasteiger partial charge in [0.05, 0.1) is 14.2 Å². The summed E-state index contributed by atoms with van der Waals surface area (Å²) in [5.74, 6) is -0.0911. The lowest BCUT2D eigenvalue weighted by Crippen LogP contribution is -2.23. The smallest absolute Gasteiger partial charge is 0.295 e. The van der Waals surface area contributed by atoms with E-state index in [1.54, 1.807) is 0 Å². The first-order valence-electron chi connectivity index (χ1n) is 3.49. The van der Waals surface area contributed by atoms with Crippen molar-refractivity contribution in [3.63, 3.8) is 0 Å². The van der Waals surface area contributed by atoms with Gasteiger partial charge in [-0.05, 0) is 6.07 Å². The van der Waals surface area contributed by atoms with Gasteiger partial charge < -0.3 is 4.74 Å². The predicted molar refractivity (Wildman–Crippen MR) is 43.1 cm³/mol. The molecular weight excluding hydrogens is 174 g/mol. The van der Waals surface area contributed by atoms with Gasteiger partial charge in [0, 0.05) is 6.07 Å². The van der Waals surface area contributed by atoms with Crippen LogP contribution < -0.4 is 10.2 Å². The van der Waals surface area contributed by atoms with E-state index < -0.39 is 5.91 Å². The molecule has 0 aliphatic rings. The van der Waals surface area contributed by atoms with Gasteiger partial charge >= 0.3 is 0 Å². The van der Waals surface area contributed by atoms with Crippen molar-refractivity contribution in [1.29, 1.82) is 0 Å². The van der Waals surface area contributed by atoms with Gasteiger partial charge in [-0.15, -0.1) is 10.2 Å². The fourth-order valence-electron chi connectivity index (χ4n) is 0.695. The minimum Gasteiger partial charge on any atom is -0.480 e. The second-order valence-electron chi connectivity index (χ2n) is 2.10. The summed E-state index contributed by atoms with van der Waals surface area (Å²) >= 11 is 0. The van der Waals surface area contributed by atoms with Crippen molar-refractivity contribution in [3.8, 4) is 5.88 Å². The molecule has 70 valence electrons. The molecule has 0 aliphatic heterocycles. The highest BCUT2D eigenvalue weighted by Crippen LogP contribution is 2.02. The predicted octanol–water partition coefficient (Wildman–Crippen LogP) is -0.224. The molecule has 6 heteroatoms. The number of ether oxygens (including phenoxy) is 1. The third-order valence-electron chi connectivity index (χ3n) is 1.28. The van der Waals surface area contributed by atoms with Gasteiger partial charge in [0.1, 0.15) is 0 Å². The zero-order valence-corrected chi connectivity index (χ0v) is 7.27. The number of carbonyl (C=O) groups is 1. The number of hydrogen-bond donors (Lipinski definition) is 1. The van der Waals surface area contributed by atoms with Gasteiger partial charge in [-0.25, -0.2) is 5.48 Å². The van der Waals surface area contributed by atoms with Crippen LogP contribution in [-0.2, 0) is 4.84 Å². The van der Waals surface area contributed by atoms with Gasteiger partial charge in [0.2, 0.25) is 5.88 Å². The number of nitrogens with zero attached hydrogens (tertiary/aromatic N) is 2. The lowest BCUT2D eigenvalue weighted by Gasteiger charge is -2.00. The Morgan fingerprint density at radius 2 is 2.15 bits per heavy atom. The first kappa shape index (κ1) is 9.40. The molecule has 1 rings (SSSR count). The summed E-state index contributed by atoms with van der Waals surface area (Å²) in [6.45, 7) is 0. The molecule has 0 spiro atoms. The molecule has 1 aromatic rings. The van der Waals surface area contributed by atoms with Crippen LogP contribution in [0.3, 0.4) is 0 Å².